The van der Waals surface area contributed by atoms with Crippen LogP contribution in [-0.2, 0) is 13.1 Å². The molecular weight excluding hydrogens is 324 g/mol. The molecule has 0 bridgehead atoms. The summed E-state index contributed by atoms with van der Waals surface area (Å²) in [6.07, 6.45) is 0.876. The molecule has 0 saturated heterocycles. The van der Waals surface area contributed by atoms with Gasteiger partial charge in [0.1, 0.15) is 11.6 Å². The van der Waals surface area contributed by atoms with Gasteiger partial charge in [0.2, 0.25) is 0 Å². The predicted molar refractivity (Wildman–Crippen MR) is 95.5 cm³/mol. The normalized spacial score (nSPS) is 11.6. The van der Waals surface area contributed by atoms with Gasteiger partial charge < -0.3 is 10.6 Å². The third-order valence-electron chi connectivity index (χ3n) is 3.70. The Morgan fingerprint density at radius 2 is 2.00 bits per heavy atom. The van der Waals surface area contributed by atoms with E-state index in [1.54, 1.807) is 0 Å². The molecule has 0 aliphatic carbocycles. The molecule has 7 heteroatoms. The number of halogens is 2. The van der Waals surface area contributed by atoms with Crippen LogP contribution in [0, 0.1) is 25.5 Å². The minimum Gasteiger partial charge on any atom is -0.357 e. The second-order valence-corrected chi connectivity index (χ2v) is 5.86. The molecular formula is C18H25F2N5. The first-order valence-electron chi connectivity index (χ1n) is 8.46. The monoisotopic (exact) mass is 349 g/mol. The first kappa shape index (κ1) is 18.9. The Hall–Kier alpha value is -2.44. The second-order valence-electron chi connectivity index (χ2n) is 5.86. The number of rotatable bonds is 7. The van der Waals surface area contributed by atoms with Crippen LogP contribution in [0.1, 0.15) is 30.3 Å². The number of aliphatic imine (C=N–C) groups is 1. The number of guanidine groups is 1. The lowest BCUT2D eigenvalue weighted by atomic mass is 10.2. The van der Waals surface area contributed by atoms with Gasteiger partial charge in [-0.1, -0.05) is 0 Å². The van der Waals surface area contributed by atoms with Gasteiger partial charge in [-0.3, -0.25) is 4.68 Å². The van der Waals surface area contributed by atoms with E-state index < -0.39 is 11.6 Å². The van der Waals surface area contributed by atoms with Gasteiger partial charge in [0.15, 0.2) is 5.96 Å². The summed E-state index contributed by atoms with van der Waals surface area (Å²) in [4.78, 5) is 4.32. The molecule has 2 rings (SSSR count). The van der Waals surface area contributed by atoms with Crippen molar-refractivity contribution in [3.8, 4) is 0 Å². The van der Waals surface area contributed by atoms with Crippen molar-refractivity contribution in [1.29, 1.82) is 0 Å². The molecule has 0 amide bonds. The number of aromatic nitrogens is 2. The predicted octanol–water partition coefficient (Wildman–Crippen LogP) is 2.92. The van der Waals surface area contributed by atoms with Crippen molar-refractivity contribution in [3.05, 3.63) is 52.9 Å². The summed E-state index contributed by atoms with van der Waals surface area (Å²) in [5, 5.41) is 10.7. The quantitative estimate of drug-likeness (QED) is 0.459. The summed E-state index contributed by atoms with van der Waals surface area (Å²) in [6, 6.07) is 5.44. The number of nitrogens with one attached hydrogen (secondary N) is 2. The topological polar surface area (TPSA) is 54.2 Å². The molecule has 2 aromatic rings. The van der Waals surface area contributed by atoms with Crippen LogP contribution in [0.2, 0.25) is 0 Å². The highest BCUT2D eigenvalue weighted by Gasteiger charge is 2.05. The molecule has 0 fully saturated rings. The van der Waals surface area contributed by atoms with E-state index in [4.69, 9.17) is 0 Å². The fraction of sp³-hybridized carbons (Fsp3) is 0.444. The fourth-order valence-corrected chi connectivity index (χ4v) is 2.51. The number of benzene rings is 1. The van der Waals surface area contributed by atoms with Gasteiger partial charge in [-0.15, -0.1) is 0 Å². The fourth-order valence-electron chi connectivity index (χ4n) is 2.51. The molecule has 0 unspecified atom stereocenters. The Bertz CT molecular complexity index is 724. The lowest BCUT2D eigenvalue weighted by molar-refractivity contribution is 0.555. The molecule has 1 aromatic heterocycles. The van der Waals surface area contributed by atoms with Crippen molar-refractivity contribution < 1.29 is 8.78 Å². The van der Waals surface area contributed by atoms with Gasteiger partial charge in [0, 0.05) is 30.9 Å². The molecule has 0 aliphatic rings. The summed E-state index contributed by atoms with van der Waals surface area (Å²) in [7, 11) is 0. The average molecular weight is 349 g/mol. The molecule has 0 spiro atoms. The average Bonchev–Trinajstić information content (AvgIpc) is 2.89. The van der Waals surface area contributed by atoms with Gasteiger partial charge in [0.05, 0.1) is 12.2 Å². The Balaban J connectivity index is 1.87. The van der Waals surface area contributed by atoms with E-state index in [2.05, 4.69) is 20.7 Å². The summed E-state index contributed by atoms with van der Waals surface area (Å²) in [6.45, 7) is 8.25. The van der Waals surface area contributed by atoms with E-state index in [-0.39, 0.29) is 12.1 Å². The number of hydrogen-bond donors (Lipinski definition) is 2. The summed E-state index contributed by atoms with van der Waals surface area (Å²) in [5.74, 6) is -0.334. The SMILES string of the molecule is CCNC(=NCc1cc(F)ccc1F)NCCCn1nc(C)cc1C. The minimum absolute atomic E-state index is 0.0797. The standard InChI is InChI=1S/C18H25F2N5/c1-4-21-18(23-12-15-11-16(19)6-7-17(15)20)22-8-5-9-25-14(3)10-13(2)24-25/h6-7,10-11H,4-5,8-9,12H2,1-3H3,(H2,21,22,23). The Morgan fingerprint density at radius 1 is 1.20 bits per heavy atom. The Kier molecular flexibility index (Phi) is 6.91. The van der Waals surface area contributed by atoms with Crippen molar-refractivity contribution in [2.45, 2.75) is 40.3 Å². The van der Waals surface area contributed by atoms with Crippen LogP contribution >= 0.6 is 0 Å². The van der Waals surface area contributed by atoms with Crippen LogP contribution in [-0.4, -0.2) is 28.8 Å². The molecule has 136 valence electrons. The highest BCUT2D eigenvalue weighted by atomic mass is 19.1. The maximum Gasteiger partial charge on any atom is 0.191 e. The van der Waals surface area contributed by atoms with Crippen LogP contribution < -0.4 is 10.6 Å². The highest BCUT2D eigenvalue weighted by molar-refractivity contribution is 5.79. The van der Waals surface area contributed by atoms with Crippen LogP contribution in [0.25, 0.3) is 0 Å². The molecule has 5 nitrogen and oxygen atoms in total. The van der Waals surface area contributed by atoms with E-state index in [1.807, 2.05) is 31.5 Å². The van der Waals surface area contributed by atoms with Crippen molar-refractivity contribution in [3.63, 3.8) is 0 Å². The maximum absolute atomic E-state index is 13.7. The highest BCUT2D eigenvalue weighted by Crippen LogP contribution is 2.10. The summed E-state index contributed by atoms with van der Waals surface area (Å²) in [5.41, 5.74) is 2.39. The number of hydrogen-bond acceptors (Lipinski definition) is 2. The Labute approximate surface area is 147 Å². The molecule has 1 aromatic carbocycles. The summed E-state index contributed by atoms with van der Waals surface area (Å²) >= 11 is 0. The molecule has 0 atom stereocenters. The molecule has 0 saturated carbocycles. The van der Waals surface area contributed by atoms with Gasteiger partial charge in [0.25, 0.3) is 0 Å². The van der Waals surface area contributed by atoms with Crippen molar-refractivity contribution >= 4 is 5.96 Å². The summed E-state index contributed by atoms with van der Waals surface area (Å²) < 4.78 is 28.8. The zero-order valence-electron chi connectivity index (χ0n) is 14.9. The first-order valence-corrected chi connectivity index (χ1v) is 8.46. The van der Waals surface area contributed by atoms with Gasteiger partial charge in [-0.05, 0) is 51.5 Å². The number of aryl methyl sites for hydroxylation is 3. The molecule has 1 heterocycles. The van der Waals surface area contributed by atoms with E-state index in [1.165, 1.54) is 6.07 Å². The minimum atomic E-state index is -0.463. The Morgan fingerprint density at radius 3 is 2.68 bits per heavy atom. The van der Waals surface area contributed by atoms with Crippen molar-refractivity contribution in [2.24, 2.45) is 4.99 Å². The van der Waals surface area contributed by atoms with Gasteiger partial charge in [-0.25, -0.2) is 13.8 Å². The van der Waals surface area contributed by atoms with Crippen molar-refractivity contribution in [2.75, 3.05) is 13.1 Å². The lowest BCUT2D eigenvalue weighted by Crippen LogP contribution is -2.38. The lowest BCUT2D eigenvalue weighted by Gasteiger charge is -2.12. The van der Waals surface area contributed by atoms with Gasteiger partial charge >= 0.3 is 0 Å². The van der Waals surface area contributed by atoms with E-state index in [9.17, 15) is 8.78 Å². The van der Waals surface area contributed by atoms with Crippen molar-refractivity contribution in [1.82, 2.24) is 20.4 Å². The van der Waals surface area contributed by atoms with Crippen LogP contribution in [0.5, 0.6) is 0 Å². The van der Waals surface area contributed by atoms with E-state index in [0.717, 1.165) is 36.5 Å². The largest absolute Gasteiger partial charge is 0.357 e. The molecule has 25 heavy (non-hydrogen) atoms. The zero-order valence-corrected chi connectivity index (χ0v) is 14.9. The molecule has 0 radical (unpaired) electrons. The second kappa shape index (κ2) is 9.15. The first-order chi connectivity index (χ1) is 12.0. The third-order valence-corrected chi connectivity index (χ3v) is 3.70. The van der Waals surface area contributed by atoms with Gasteiger partial charge in [-0.2, -0.15) is 5.10 Å². The van der Waals surface area contributed by atoms with Crippen LogP contribution in [0.15, 0.2) is 29.3 Å². The molecule has 0 aliphatic heterocycles. The smallest absolute Gasteiger partial charge is 0.191 e. The molecule has 2 N–H and O–H groups in total. The van der Waals surface area contributed by atoms with Crippen LogP contribution in [0.4, 0.5) is 8.78 Å². The van der Waals surface area contributed by atoms with E-state index in [0.29, 0.717) is 19.0 Å². The third kappa shape index (κ3) is 5.85. The zero-order chi connectivity index (χ0) is 18.2. The maximum atomic E-state index is 13.7. The van der Waals surface area contributed by atoms with Crippen LogP contribution in [0.3, 0.4) is 0 Å². The van der Waals surface area contributed by atoms with E-state index >= 15 is 0 Å². The number of nitrogens with zero attached hydrogens (tertiary/aromatic N) is 3.